The van der Waals surface area contributed by atoms with Crippen LogP contribution < -0.4 is 14.7 Å². The molecule has 1 aliphatic heterocycles. The van der Waals surface area contributed by atoms with Gasteiger partial charge in [-0.05, 0) is 169 Å². The van der Waals surface area contributed by atoms with E-state index >= 15 is 0 Å². The lowest BCUT2D eigenvalue weighted by Gasteiger charge is -2.30. The Bertz CT molecular complexity index is 4140. The second kappa shape index (κ2) is 18.5. The largest absolute Gasteiger partial charge is 0.337 e. The van der Waals surface area contributed by atoms with Gasteiger partial charge in [-0.15, -0.1) is 0 Å². The number of allylic oxidation sites excluding steroid dienone is 3. The molecule has 0 aliphatic carbocycles. The molecule has 0 saturated carbocycles. The standard InChI is InChI=1S/C67H47F2N5/c1-46-42-54(71(52-31-27-47(68)28-32-52)56-36-39-66-61(44-56)58-23-11-13-25-64(58)73(66)50-18-7-3-8-19-50)22-15-41-70(49-16-5-2-6-17-49)63-38-35-55(43-60(46)63)72(53-33-29-48(69)30-34-53)57-37-40-67-62(45-57)59-24-12-14-26-65(59)74(67)51-20-9-4-10-21-51/h2-40,42-45H,1,41H2/b22-15-,54-42+. The first kappa shape index (κ1) is 44.2. The van der Waals surface area contributed by atoms with Crippen LogP contribution >= 0.6 is 0 Å². The van der Waals surface area contributed by atoms with E-state index in [2.05, 4.69) is 218 Å². The zero-order valence-corrected chi connectivity index (χ0v) is 40.2. The summed E-state index contributed by atoms with van der Waals surface area (Å²) in [4.78, 5) is 6.68. The third-order valence-electron chi connectivity index (χ3n) is 14.1. The number of benzene rings is 10. The van der Waals surface area contributed by atoms with E-state index in [1.54, 1.807) is 0 Å². The average Bonchev–Trinajstić information content (AvgIpc) is 3.98. The van der Waals surface area contributed by atoms with Gasteiger partial charge in [0.05, 0.1) is 22.1 Å². The summed E-state index contributed by atoms with van der Waals surface area (Å²) in [6.45, 7) is 5.39. The summed E-state index contributed by atoms with van der Waals surface area (Å²) in [6.07, 6.45) is 6.44. The van der Waals surface area contributed by atoms with Gasteiger partial charge in [0.15, 0.2) is 0 Å². The highest BCUT2D eigenvalue weighted by Crippen LogP contribution is 2.45. The number of para-hydroxylation sites is 5. The fraction of sp³-hybridized carbons (Fsp3) is 0.0149. The SMILES string of the molecule is C=C1/C=C(N(c2ccc(F)cc2)c2ccc3c(c2)c2ccccc2n3-c2ccccc2)\C=C/CN(c2ccccc2)c2ccc(N(c3ccc(F)cc3)c3ccc4c(c3)c3ccccc3n4-c3ccccc3)cc21. The molecule has 2 aromatic heterocycles. The lowest BCUT2D eigenvalue weighted by atomic mass is 10.0. The van der Waals surface area contributed by atoms with Gasteiger partial charge < -0.3 is 23.8 Å². The van der Waals surface area contributed by atoms with E-state index in [1.807, 2.05) is 42.5 Å². The predicted octanol–water partition coefficient (Wildman–Crippen LogP) is 18.1. The smallest absolute Gasteiger partial charge is 0.123 e. The summed E-state index contributed by atoms with van der Waals surface area (Å²) >= 11 is 0. The number of aromatic nitrogens is 2. The molecular formula is C67H47F2N5. The number of hydrogen-bond donors (Lipinski definition) is 0. The maximum absolute atomic E-state index is 14.8. The van der Waals surface area contributed by atoms with Crippen LogP contribution in [0.15, 0.2) is 273 Å². The number of hydrogen-bond acceptors (Lipinski definition) is 3. The van der Waals surface area contributed by atoms with Crippen LogP contribution in [0.4, 0.5) is 48.6 Å². The molecule has 0 fully saturated rings. The Labute approximate surface area is 427 Å². The summed E-state index contributed by atoms with van der Waals surface area (Å²) in [5, 5.41) is 4.45. The molecule has 0 amide bonds. The van der Waals surface area contributed by atoms with Crippen molar-refractivity contribution in [1.29, 1.82) is 0 Å². The van der Waals surface area contributed by atoms with Gasteiger partial charge >= 0.3 is 0 Å². The highest BCUT2D eigenvalue weighted by molar-refractivity contribution is 6.12. The molecule has 0 saturated heterocycles. The maximum Gasteiger partial charge on any atom is 0.123 e. The fourth-order valence-electron chi connectivity index (χ4n) is 10.8. The van der Waals surface area contributed by atoms with Crippen LogP contribution in [-0.2, 0) is 0 Å². The second-order valence-electron chi connectivity index (χ2n) is 18.5. The Morgan fingerprint density at radius 2 is 0.797 bits per heavy atom. The molecule has 3 heterocycles. The van der Waals surface area contributed by atoms with Gasteiger partial charge in [0.1, 0.15) is 11.6 Å². The quantitative estimate of drug-likeness (QED) is 0.144. The zero-order chi connectivity index (χ0) is 49.7. The number of rotatable bonds is 9. The van der Waals surface area contributed by atoms with Gasteiger partial charge in [0, 0.05) is 90.5 Å². The average molecular weight is 960 g/mol. The molecule has 5 nitrogen and oxygen atoms in total. The monoisotopic (exact) mass is 959 g/mol. The minimum Gasteiger partial charge on any atom is -0.337 e. The second-order valence-corrected chi connectivity index (χ2v) is 18.5. The van der Waals surface area contributed by atoms with Crippen molar-refractivity contribution >= 4 is 89.0 Å². The van der Waals surface area contributed by atoms with Gasteiger partial charge in [-0.25, -0.2) is 8.78 Å². The zero-order valence-electron chi connectivity index (χ0n) is 40.2. The molecule has 12 aromatic rings. The van der Waals surface area contributed by atoms with Crippen molar-refractivity contribution in [2.45, 2.75) is 0 Å². The third kappa shape index (κ3) is 7.79. The van der Waals surface area contributed by atoms with Crippen molar-refractivity contribution < 1.29 is 8.78 Å². The highest BCUT2D eigenvalue weighted by Gasteiger charge is 2.24. The van der Waals surface area contributed by atoms with E-state index in [0.717, 1.165) is 112 Å². The van der Waals surface area contributed by atoms with E-state index in [0.29, 0.717) is 6.54 Å². The highest BCUT2D eigenvalue weighted by atomic mass is 19.1. The van der Waals surface area contributed by atoms with Gasteiger partial charge in [0.2, 0.25) is 0 Å². The van der Waals surface area contributed by atoms with Crippen LogP contribution in [-0.4, -0.2) is 15.7 Å². The normalized spacial score (nSPS) is 13.8. The molecule has 1 aliphatic rings. The number of anilines is 7. The number of halogens is 2. The molecule has 0 spiro atoms. The minimum atomic E-state index is -0.315. The maximum atomic E-state index is 14.8. The molecule has 0 radical (unpaired) electrons. The van der Waals surface area contributed by atoms with E-state index in [9.17, 15) is 8.78 Å². The Balaban J connectivity index is 0.993. The topological polar surface area (TPSA) is 19.6 Å². The van der Waals surface area contributed by atoms with Gasteiger partial charge in [-0.1, -0.05) is 104 Å². The fourth-order valence-corrected chi connectivity index (χ4v) is 10.8. The van der Waals surface area contributed by atoms with E-state index in [-0.39, 0.29) is 11.6 Å². The summed E-state index contributed by atoms with van der Waals surface area (Å²) in [6, 6.07) is 81.3. The van der Waals surface area contributed by atoms with Crippen molar-refractivity contribution in [3.63, 3.8) is 0 Å². The Kier molecular flexibility index (Phi) is 11.0. The third-order valence-corrected chi connectivity index (χ3v) is 14.1. The summed E-state index contributed by atoms with van der Waals surface area (Å²) < 4.78 is 34.3. The molecule has 0 N–H and O–H groups in total. The van der Waals surface area contributed by atoms with E-state index in [1.165, 1.54) is 24.3 Å². The van der Waals surface area contributed by atoms with Crippen LogP contribution in [0.25, 0.3) is 60.6 Å². The molecular weight excluding hydrogens is 913 g/mol. The van der Waals surface area contributed by atoms with Crippen molar-refractivity contribution in [1.82, 2.24) is 9.13 Å². The van der Waals surface area contributed by atoms with Crippen molar-refractivity contribution in [3.05, 3.63) is 290 Å². The Morgan fingerprint density at radius 3 is 1.34 bits per heavy atom. The lowest BCUT2D eigenvalue weighted by Crippen LogP contribution is -2.19. The summed E-state index contributed by atoms with van der Waals surface area (Å²) in [5.41, 5.74) is 15.3. The summed E-state index contributed by atoms with van der Waals surface area (Å²) in [7, 11) is 0. The van der Waals surface area contributed by atoms with Gasteiger partial charge in [0.25, 0.3) is 0 Å². The van der Waals surface area contributed by atoms with Gasteiger partial charge in [-0.3, -0.25) is 0 Å². The summed E-state index contributed by atoms with van der Waals surface area (Å²) in [5.74, 6) is -0.626. The lowest BCUT2D eigenvalue weighted by molar-refractivity contribution is 0.627. The van der Waals surface area contributed by atoms with E-state index < -0.39 is 0 Å². The Morgan fingerprint density at radius 1 is 0.378 bits per heavy atom. The number of nitrogens with zero attached hydrogens (tertiary/aromatic N) is 5. The van der Waals surface area contributed by atoms with Crippen LogP contribution in [0.5, 0.6) is 0 Å². The van der Waals surface area contributed by atoms with Crippen LogP contribution in [0, 0.1) is 11.6 Å². The van der Waals surface area contributed by atoms with E-state index in [4.69, 9.17) is 6.58 Å². The van der Waals surface area contributed by atoms with Crippen molar-refractivity contribution in [2.24, 2.45) is 0 Å². The molecule has 10 aromatic carbocycles. The van der Waals surface area contributed by atoms with Crippen molar-refractivity contribution in [2.75, 3.05) is 21.2 Å². The minimum absolute atomic E-state index is 0.312. The first-order chi connectivity index (χ1) is 36.4. The molecule has 0 atom stereocenters. The van der Waals surface area contributed by atoms with Crippen molar-refractivity contribution in [3.8, 4) is 11.4 Å². The molecule has 0 unspecified atom stereocenters. The van der Waals surface area contributed by atoms with Crippen LogP contribution in [0.1, 0.15) is 5.56 Å². The molecule has 7 heteroatoms. The molecule has 0 bridgehead atoms. The molecule has 354 valence electrons. The molecule has 74 heavy (non-hydrogen) atoms. The van der Waals surface area contributed by atoms with Crippen LogP contribution in [0.2, 0.25) is 0 Å². The predicted molar refractivity (Wildman–Crippen MR) is 304 cm³/mol. The molecule has 13 rings (SSSR count). The van der Waals surface area contributed by atoms with Crippen LogP contribution in [0.3, 0.4) is 0 Å². The first-order valence-corrected chi connectivity index (χ1v) is 24.8. The Hall–Kier alpha value is -9.72. The van der Waals surface area contributed by atoms with Gasteiger partial charge in [-0.2, -0.15) is 0 Å². The number of fused-ring (bicyclic) bond motifs is 7. The first-order valence-electron chi connectivity index (χ1n) is 24.8.